The molecule has 0 fully saturated rings. The van der Waals surface area contributed by atoms with Crippen LogP contribution in [0.5, 0.6) is 5.75 Å². The Morgan fingerprint density at radius 1 is 1.42 bits per heavy atom. The number of aromatic nitrogens is 3. The Bertz CT molecular complexity index is 766. The average molecular weight is 254 g/mol. The number of fused-ring (bicyclic) bond motifs is 1. The minimum atomic E-state index is 0.170. The van der Waals surface area contributed by atoms with E-state index in [0.29, 0.717) is 17.2 Å². The lowest BCUT2D eigenvalue weighted by Crippen LogP contribution is -2.04. The van der Waals surface area contributed by atoms with Gasteiger partial charge in [-0.1, -0.05) is 12.1 Å². The van der Waals surface area contributed by atoms with E-state index in [1.54, 1.807) is 17.8 Å². The van der Waals surface area contributed by atoms with Crippen molar-refractivity contribution >= 4 is 11.0 Å². The number of nitriles is 1. The zero-order valence-electron chi connectivity index (χ0n) is 10.2. The summed E-state index contributed by atoms with van der Waals surface area (Å²) in [6, 6.07) is 9.36. The number of aryl methyl sites for hydroxylation is 1. The van der Waals surface area contributed by atoms with Crippen molar-refractivity contribution in [3.8, 4) is 11.8 Å². The van der Waals surface area contributed by atoms with Crippen LogP contribution < -0.4 is 4.74 Å². The fourth-order valence-corrected chi connectivity index (χ4v) is 1.83. The fraction of sp³-hybridized carbons (Fsp3) is 0.154. The second kappa shape index (κ2) is 4.46. The van der Waals surface area contributed by atoms with Crippen LogP contribution in [0.25, 0.3) is 11.0 Å². The summed E-state index contributed by atoms with van der Waals surface area (Å²) in [6.45, 7) is 0.231. The van der Waals surface area contributed by atoms with Crippen molar-refractivity contribution in [2.75, 3.05) is 0 Å². The van der Waals surface area contributed by atoms with Gasteiger partial charge in [0.2, 0.25) is 5.76 Å². The van der Waals surface area contributed by atoms with Crippen LogP contribution in [0, 0.1) is 11.3 Å². The lowest BCUT2D eigenvalue weighted by Gasteiger charge is -2.03. The molecule has 0 spiro atoms. The quantitative estimate of drug-likeness (QED) is 0.714. The van der Waals surface area contributed by atoms with Crippen molar-refractivity contribution in [2.24, 2.45) is 7.05 Å². The first-order valence-electron chi connectivity index (χ1n) is 5.67. The smallest absolute Gasteiger partial charge is 0.246 e. The highest BCUT2D eigenvalue weighted by molar-refractivity contribution is 5.86. The average Bonchev–Trinajstić information content (AvgIpc) is 2.99. The topological polar surface area (TPSA) is 76.9 Å². The number of hydrogen-bond donors (Lipinski definition) is 0. The SMILES string of the molecule is Cn1ncnc1COc1c(C#N)oc2ccccc12. The number of nitrogens with zero attached hydrogens (tertiary/aromatic N) is 4. The third kappa shape index (κ3) is 1.91. The zero-order chi connectivity index (χ0) is 13.2. The van der Waals surface area contributed by atoms with Crippen LogP contribution in [-0.2, 0) is 13.7 Å². The molecule has 2 heterocycles. The number of benzene rings is 1. The van der Waals surface area contributed by atoms with Gasteiger partial charge in [0.1, 0.15) is 24.6 Å². The first-order chi connectivity index (χ1) is 9.29. The van der Waals surface area contributed by atoms with E-state index in [1.165, 1.54) is 6.33 Å². The molecular formula is C13H10N4O2. The highest BCUT2D eigenvalue weighted by Crippen LogP contribution is 2.32. The van der Waals surface area contributed by atoms with Crippen LogP contribution >= 0.6 is 0 Å². The highest BCUT2D eigenvalue weighted by atomic mass is 16.5. The zero-order valence-corrected chi connectivity index (χ0v) is 10.2. The third-order valence-corrected chi connectivity index (χ3v) is 2.80. The van der Waals surface area contributed by atoms with Gasteiger partial charge in [-0.15, -0.1) is 0 Å². The number of rotatable bonds is 3. The maximum Gasteiger partial charge on any atom is 0.246 e. The molecule has 0 saturated carbocycles. The van der Waals surface area contributed by atoms with E-state index in [1.807, 2.05) is 24.3 Å². The van der Waals surface area contributed by atoms with E-state index in [2.05, 4.69) is 10.1 Å². The van der Waals surface area contributed by atoms with Crippen LogP contribution in [0.15, 0.2) is 35.0 Å². The summed E-state index contributed by atoms with van der Waals surface area (Å²) in [5.74, 6) is 1.29. The Morgan fingerprint density at radius 3 is 3.00 bits per heavy atom. The Balaban J connectivity index is 1.96. The summed E-state index contributed by atoms with van der Waals surface area (Å²) < 4.78 is 12.7. The predicted octanol–water partition coefficient (Wildman–Crippen LogP) is 2.01. The minimum absolute atomic E-state index is 0.170. The van der Waals surface area contributed by atoms with Gasteiger partial charge in [0, 0.05) is 7.05 Å². The first-order valence-corrected chi connectivity index (χ1v) is 5.67. The van der Waals surface area contributed by atoms with Crippen molar-refractivity contribution in [3.05, 3.63) is 42.2 Å². The molecule has 0 aliphatic carbocycles. The molecule has 0 N–H and O–H groups in total. The largest absolute Gasteiger partial charge is 0.480 e. The van der Waals surface area contributed by atoms with Crippen molar-refractivity contribution in [2.45, 2.75) is 6.61 Å². The molecule has 0 atom stereocenters. The van der Waals surface area contributed by atoms with Crippen LogP contribution in [0.1, 0.15) is 11.6 Å². The summed E-state index contributed by atoms with van der Waals surface area (Å²) in [7, 11) is 1.78. The van der Waals surface area contributed by atoms with Gasteiger partial charge in [0.25, 0.3) is 0 Å². The fourth-order valence-electron chi connectivity index (χ4n) is 1.83. The number of hydrogen-bond acceptors (Lipinski definition) is 5. The van der Waals surface area contributed by atoms with E-state index in [4.69, 9.17) is 14.4 Å². The first kappa shape index (κ1) is 11.3. The molecular weight excluding hydrogens is 244 g/mol. The summed E-state index contributed by atoms with van der Waals surface area (Å²) in [4.78, 5) is 4.06. The van der Waals surface area contributed by atoms with Gasteiger partial charge in [0.05, 0.1) is 5.39 Å². The molecule has 6 heteroatoms. The second-order valence-corrected chi connectivity index (χ2v) is 3.96. The number of para-hydroxylation sites is 1. The van der Waals surface area contributed by atoms with Gasteiger partial charge in [-0.25, -0.2) is 4.98 Å². The van der Waals surface area contributed by atoms with E-state index in [-0.39, 0.29) is 12.4 Å². The number of furan rings is 1. The molecule has 3 rings (SSSR count). The Kier molecular flexibility index (Phi) is 2.65. The summed E-state index contributed by atoms with van der Waals surface area (Å²) in [5, 5.41) is 13.8. The molecule has 0 bridgehead atoms. The monoisotopic (exact) mass is 254 g/mol. The van der Waals surface area contributed by atoms with E-state index in [9.17, 15) is 0 Å². The summed E-state index contributed by atoms with van der Waals surface area (Å²) >= 11 is 0. The van der Waals surface area contributed by atoms with Crippen molar-refractivity contribution in [1.29, 1.82) is 5.26 Å². The molecule has 0 radical (unpaired) electrons. The molecule has 0 aliphatic heterocycles. The molecule has 3 aromatic rings. The van der Waals surface area contributed by atoms with Crippen LogP contribution in [-0.4, -0.2) is 14.8 Å². The Morgan fingerprint density at radius 2 is 2.26 bits per heavy atom. The molecule has 1 aromatic carbocycles. The van der Waals surface area contributed by atoms with Crippen LogP contribution in [0.3, 0.4) is 0 Å². The van der Waals surface area contributed by atoms with Gasteiger partial charge < -0.3 is 9.15 Å². The van der Waals surface area contributed by atoms with Crippen LogP contribution in [0.4, 0.5) is 0 Å². The van der Waals surface area contributed by atoms with Gasteiger partial charge in [0.15, 0.2) is 11.6 Å². The molecule has 0 saturated heterocycles. The third-order valence-electron chi connectivity index (χ3n) is 2.80. The minimum Gasteiger partial charge on any atom is -0.480 e. The maximum atomic E-state index is 9.07. The molecule has 94 valence electrons. The normalized spacial score (nSPS) is 10.5. The molecule has 0 unspecified atom stereocenters. The van der Waals surface area contributed by atoms with Crippen molar-refractivity contribution in [1.82, 2.24) is 14.8 Å². The highest BCUT2D eigenvalue weighted by Gasteiger charge is 2.15. The molecule has 19 heavy (non-hydrogen) atoms. The van der Waals surface area contributed by atoms with Gasteiger partial charge in [-0.3, -0.25) is 4.68 Å². The second-order valence-electron chi connectivity index (χ2n) is 3.96. The Labute approximate surface area is 108 Å². The standard InChI is InChI=1S/C13H10N4O2/c1-17-12(15-8-16-17)7-18-13-9-4-2-3-5-10(9)19-11(13)6-14/h2-5,8H,7H2,1H3. The summed E-state index contributed by atoms with van der Waals surface area (Å²) in [6.07, 6.45) is 1.46. The molecule has 2 aromatic heterocycles. The Hall–Kier alpha value is -2.81. The number of ether oxygens (including phenoxy) is 1. The molecule has 6 nitrogen and oxygen atoms in total. The van der Waals surface area contributed by atoms with Crippen molar-refractivity contribution < 1.29 is 9.15 Å². The lowest BCUT2D eigenvalue weighted by molar-refractivity contribution is 0.288. The van der Waals surface area contributed by atoms with Gasteiger partial charge in [-0.2, -0.15) is 10.4 Å². The summed E-state index contributed by atoms with van der Waals surface area (Å²) in [5.41, 5.74) is 0.631. The van der Waals surface area contributed by atoms with Crippen LogP contribution in [0.2, 0.25) is 0 Å². The molecule has 0 aliphatic rings. The van der Waals surface area contributed by atoms with E-state index in [0.717, 1.165) is 5.39 Å². The van der Waals surface area contributed by atoms with E-state index >= 15 is 0 Å². The van der Waals surface area contributed by atoms with E-state index < -0.39 is 0 Å². The van der Waals surface area contributed by atoms with Crippen molar-refractivity contribution in [3.63, 3.8) is 0 Å². The van der Waals surface area contributed by atoms with Gasteiger partial charge >= 0.3 is 0 Å². The molecule has 0 amide bonds. The maximum absolute atomic E-state index is 9.07. The lowest BCUT2D eigenvalue weighted by atomic mass is 10.2. The van der Waals surface area contributed by atoms with Gasteiger partial charge in [-0.05, 0) is 12.1 Å². The predicted molar refractivity (Wildman–Crippen MR) is 66.3 cm³/mol.